The van der Waals surface area contributed by atoms with Crippen molar-refractivity contribution in [2.75, 3.05) is 0 Å². The van der Waals surface area contributed by atoms with Crippen molar-refractivity contribution in [2.45, 2.75) is 33.1 Å². The number of aromatic amines is 1. The molecule has 1 heterocycles. The van der Waals surface area contributed by atoms with Crippen molar-refractivity contribution in [3.8, 4) is 5.69 Å². The van der Waals surface area contributed by atoms with Crippen molar-refractivity contribution in [3.63, 3.8) is 0 Å². The topological polar surface area (TPSA) is 37.8 Å². The summed E-state index contributed by atoms with van der Waals surface area (Å²) in [6.07, 6.45) is 2.70. The van der Waals surface area contributed by atoms with Gasteiger partial charge in [-0.2, -0.15) is 0 Å². The second-order valence-corrected chi connectivity index (χ2v) is 4.14. The number of hydrogen-bond donors (Lipinski definition) is 1. The second kappa shape index (κ2) is 5.04. The molecule has 1 aromatic carbocycles. The van der Waals surface area contributed by atoms with E-state index in [-0.39, 0.29) is 5.56 Å². The quantitative estimate of drug-likeness (QED) is 0.861. The van der Waals surface area contributed by atoms with Crippen LogP contribution in [0, 0.1) is 0 Å². The summed E-state index contributed by atoms with van der Waals surface area (Å²) in [5.41, 5.74) is 3.10. The summed E-state index contributed by atoms with van der Waals surface area (Å²) in [7, 11) is 0. The lowest BCUT2D eigenvalue weighted by Gasteiger charge is -2.07. The molecule has 3 nitrogen and oxygen atoms in total. The smallest absolute Gasteiger partial charge is 0.267 e. The SMILES string of the molecule is CCCc1c(CC)n(-c2ccccc2)[nH]c1=O. The van der Waals surface area contributed by atoms with Gasteiger partial charge < -0.3 is 0 Å². The maximum absolute atomic E-state index is 11.9. The number of rotatable bonds is 4. The van der Waals surface area contributed by atoms with Gasteiger partial charge in [0, 0.05) is 11.3 Å². The third-order valence-electron chi connectivity index (χ3n) is 2.95. The molecule has 0 saturated carbocycles. The minimum Gasteiger partial charge on any atom is -0.268 e. The highest BCUT2D eigenvalue weighted by Crippen LogP contribution is 2.13. The van der Waals surface area contributed by atoms with E-state index in [0.717, 1.165) is 36.2 Å². The first kappa shape index (κ1) is 11.7. The molecule has 0 amide bonds. The molecule has 0 fully saturated rings. The number of nitrogens with one attached hydrogen (secondary N) is 1. The minimum atomic E-state index is 0.0487. The van der Waals surface area contributed by atoms with Crippen molar-refractivity contribution in [3.05, 3.63) is 51.9 Å². The van der Waals surface area contributed by atoms with E-state index in [1.54, 1.807) is 0 Å². The number of H-pyrrole nitrogens is 1. The Morgan fingerprint density at radius 1 is 1.18 bits per heavy atom. The first-order valence-electron chi connectivity index (χ1n) is 6.16. The molecule has 2 aromatic rings. The third-order valence-corrected chi connectivity index (χ3v) is 2.95. The number of hydrogen-bond acceptors (Lipinski definition) is 1. The van der Waals surface area contributed by atoms with Crippen LogP contribution in [0.4, 0.5) is 0 Å². The Bertz CT molecular complexity index is 537. The van der Waals surface area contributed by atoms with Crippen molar-refractivity contribution < 1.29 is 0 Å². The molecule has 1 N–H and O–H groups in total. The van der Waals surface area contributed by atoms with Gasteiger partial charge in [-0.1, -0.05) is 38.5 Å². The van der Waals surface area contributed by atoms with Gasteiger partial charge in [0.25, 0.3) is 5.56 Å². The maximum atomic E-state index is 11.9. The van der Waals surface area contributed by atoms with E-state index < -0.39 is 0 Å². The first-order chi connectivity index (χ1) is 8.27. The number of aromatic nitrogens is 2. The van der Waals surface area contributed by atoms with Crippen LogP contribution < -0.4 is 5.56 Å². The van der Waals surface area contributed by atoms with E-state index >= 15 is 0 Å². The van der Waals surface area contributed by atoms with Gasteiger partial charge in [-0.15, -0.1) is 0 Å². The van der Waals surface area contributed by atoms with Crippen LogP contribution in [0.2, 0.25) is 0 Å². The first-order valence-corrected chi connectivity index (χ1v) is 6.16. The highest BCUT2D eigenvalue weighted by molar-refractivity contribution is 5.35. The summed E-state index contributed by atoms with van der Waals surface area (Å²) < 4.78 is 1.91. The number of benzene rings is 1. The van der Waals surface area contributed by atoms with Crippen LogP contribution in [0.25, 0.3) is 5.69 Å². The fourth-order valence-corrected chi connectivity index (χ4v) is 2.18. The van der Waals surface area contributed by atoms with Crippen LogP contribution in [0.3, 0.4) is 0 Å². The Balaban J connectivity index is 2.56. The lowest BCUT2D eigenvalue weighted by atomic mass is 10.1. The minimum absolute atomic E-state index is 0.0487. The predicted molar refractivity (Wildman–Crippen MR) is 69.8 cm³/mol. The Morgan fingerprint density at radius 3 is 2.47 bits per heavy atom. The third kappa shape index (κ3) is 2.18. The van der Waals surface area contributed by atoms with Crippen molar-refractivity contribution in [2.24, 2.45) is 0 Å². The van der Waals surface area contributed by atoms with Crippen molar-refractivity contribution >= 4 is 0 Å². The zero-order valence-corrected chi connectivity index (χ0v) is 10.4. The van der Waals surface area contributed by atoms with Crippen LogP contribution in [-0.4, -0.2) is 9.78 Å². The highest BCUT2D eigenvalue weighted by atomic mass is 16.1. The predicted octanol–water partition coefficient (Wildman–Crippen LogP) is 2.68. The molecule has 0 radical (unpaired) electrons. The molecular formula is C14H18N2O. The normalized spacial score (nSPS) is 10.7. The summed E-state index contributed by atoms with van der Waals surface area (Å²) in [6.45, 7) is 4.18. The maximum Gasteiger partial charge on any atom is 0.267 e. The van der Waals surface area contributed by atoms with Gasteiger partial charge in [-0.3, -0.25) is 14.6 Å². The van der Waals surface area contributed by atoms with Gasteiger partial charge in [-0.05, 0) is 25.0 Å². The molecule has 0 spiro atoms. The Morgan fingerprint density at radius 2 is 1.88 bits per heavy atom. The second-order valence-electron chi connectivity index (χ2n) is 4.14. The average molecular weight is 230 g/mol. The van der Waals surface area contributed by atoms with Crippen LogP contribution in [0.1, 0.15) is 31.5 Å². The molecule has 3 heteroatoms. The van der Waals surface area contributed by atoms with E-state index in [1.165, 1.54) is 0 Å². The molecule has 0 saturated heterocycles. The Labute approximate surface area is 101 Å². The largest absolute Gasteiger partial charge is 0.268 e. The molecule has 0 aliphatic carbocycles. The Kier molecular flexibility index (Phi) is 3.47. The van der Waals surface area contributed by atoms with E-state index in [4.69, 9.17) is 0 Å². The van der Waals surface area contributed by atoms with Crippen LogP contribution >= 0.6 is 0 Å². The van der Waals surface area contributed by atoms with Crippen LogP contribution in [0.15, 0.2) is 35.1 Å². The number of para-hydroxylation sites is 1. The molecule has 0 aliphatic rings. The van der Waals surface area contributed by atoms with Gasteiger partial charge >= 0.3 is 0 Å². The molecule has 2 rings (SSSR count). The zero-order valence-electron chi connectivity index (χ0n) is 10.4. The lowest BCUT2D eigenvalue weighted by Crippen LogP contribution is -2.06. The Hall–Kier alpha value is -1.77. The van der Waals surface area contributed by atoms with Gasteiger partial charge in [0.05, 0.1) is 5.69 Å². The van der Waals surface area contributed by atoms with E-state index in [2.05, 4.69) is 18.9 Å². The van der Waals surface area contributed by atoms with E-state index in [9.17, 15) is 4.79 Å². The van der Waals surface area contributed by atoms with Crippen LogP contribution in [-0.2, 0) is 12.8 Å². The molecule has 0 atom stereocenters. The van der Waals surface area contributed by atoms with Gasteiger partial charge in [0.1, 0.15) is 0 Å². The number of nitrogens with zero attached hydrogens (tertiary/aromatic N) is 1. The van der Waals surface area contributed by atoms with Crippen molar-refractivity contribution in [1.29, 1.82) is 0 Å². The van der Waals surface area contributed by atoms with Gasteiger partial charge in [0.15, 0.2) is 0 Å². The summed E-state index contributed by atoms with van der Waals surface area (Å²) in [6, 6.07) is 9.94. The summed E-state index contributed by atoms with van der Waals surface area (Å²) in [4.78, 5) is 11.9. The average Bonchev–Trinajstić information content (AvgIpc) is 2.68. The summed E-state index contributed by atoms with van der Waals surface area (Å²) in [5, 5.41) is 2.93. The molecule has 0 bridgehead atoms. The highest BCUT2D eigenvalue weighted by Gasteiger charge is 2.12. The standard InChI is InChI=1S/C14H18N2O/c1-3-8-12-13(4-2)16(15-14(12)17)11-9-6-5-7-10-11/h5-7,9-10H,3-4,8H2,1-2H3,(H,15,17). The lowest BCUT2D eigenvalue weighted by molar-refractivity contribution is 0.798. The fraction of sp³-hybridized carbons (Fsp3) is 0.357. The van der Waals surface area contributed by atoms with Crippen LogP contribution in [0.5, 0.6) is 0 Å². The molecule has 0 unspecified atom stereocenters. The monoisotopic (exact) mass is 230 g/mol. The molecular weight excluding hydrogens is 212 g/mol. The van der Waals surface area contributed by atoms with Gasteiger partial charge in [-0.25, -0.2) is 0 Å². The molecule has 0 aliphatic heterocycles. The summed E-state index contributed by atoms with van der Waals surface area (Å²) >= 11 is 0. The summed E-state index contributed by atoms with van der Waals surface area (Å²) in [5.74, 6) is 0. The van der Waals surface area contributed by atoms with E-state index in [1.807, 2.05) is 35.0 Å². The van der Waals surface area contributed by atoms with E-state index in [0.29, 0.717) is 0 Å². The molecule has 1 aromatic heterocycles. The molecule has 90 valence electrons. The van der Waals surface area contributed by atoms with Gasteiger partial charge in [0.2, 0.25) is 0 Å². The zero-order chi connectivity index (χ0) is 12.3. The molecule has 17 heavy (non-hydrogen) atoms. The van der Waals surface area contributed by atoms with Crippen molar-refractivity contribution in [1.82, 2.24) is 9.78 Å². The fourth-order valence-electron chi connectivity index (χ4n) is 2.18.